The van der Waals surface area contributed by atoms with Gasteiger partial charge in [-0.3, -0.25) is 14.3 Å². The third kappa shape index (κ3) is 3.44. The molecule has 0 atom stereocenters. The second-order valence-electron chi connectivity index (χ2n) is 6.66. The number of benzene rings is 2. The minimum absolute atomic E-state index is 0.0456. The maximum atomic E-state index is 12.6. The fourth-order valence-corrected chi connectivity index (χ4v) is 2.97. The van der Waals surface area contributed by atoms with Crippen LogP contribution in [0.2, 0.25) is 0 Å². The van der Waals surface area contributed by atoms with Crippen LogP contribution in [0.15, 0.2) is 48.5 Å². The highest BCUT2D eigenvalue weighted by atomic mass is 16.2. The number of para-hydroxylation sites is 1. The lowest BCUT2D eigenvalue weighted by atomic mass is 10.1. The summed E-state index contributed by atoms with van der Waals surface area (Å²) in [6.07, 6.45) is 2.52. The zero-order valence-electron chi connectivity index (χ0n) is 14.5. The summed E-state index contributed by atoms with van der Waals surface area (Å²) < 4.78 is 1.70. The molecule has 2 amide bonds. The molecule has 0 unspecified atom stereocenters. The van der Waals surface area contributed by atoms with E-state index in [-0.39, 0.29) is 11.8 Å². The van der Waals surface area contributed by atoms with E-state index in [1.165, 1.54) is 0 Å². The van der Waals surface area contributed by atoms with Gasteiger partial charge in [0, 0.05) is 24.2 Å². The highest BCUT2D eigenvalue weighted by Gasteiger charge is 2.23. The smallest absolute Gasteiger partial charge is 0.276 e. The Morgan fingerprint density at radius 3 is 2.58 bits per heavy atom. The molecule has 0 radical (unpaired) electrons. The lowest BCUT2D eigenvalue weighted by molar-refractivity contribution is -0.120. The summed E-state index contributed by atoms with van der Waals surface area (Å²) in [7, 11) is 1.82. The lowest BCUT2D eigenvalue weighted by Crippen LogP contribution is -2.26. The molecule has 26 heavy (non-hydrogen) atoms. The molecule has 1 aliphatic carbocycles. The summed E-state index contributed by atoms with van der Waals surface area (Å²) in [6.45, 7) is 0. The molecule has 0 bridgehead atoms. The van der Waals surface area contributed by atoms with Gasteiger partial charge in [0.25, 0.3) is 5.91 Å². The first-order valence-corrected chi connectivity index (χ1v) is 8.71. The predicted molar refractivity (Wildman–Crippen MR) is 100.0 cm³/mol. The molecule has 1 heterocycles. The van der Waals surface area contributed by atoms with Gasteiger partial charge in [-0.05, 0) is 36.6 Å². The Morgan fingerprint density at radius 1 is 1.12 bits per heavy atom. The molecule has 1 aliphatic rings. The molecule has 6 heteroatoms. The van der Waals surface area contributed by atoms with Crippen molar-refractivity contribution < 1.29 is 9.59 Å². The first kappa shape index (κ1) is 16.3. The van der Waals surface area contributed by atoms with Crippen molar-refractivity contribution >= 4 is 28.4 Å². The fourth-order valence-electron chi connectivity index (χ4n) is 2.97. The number of carbonyl (C=O) groups excluding carboxylic acids is 2. The summed E-state index contributed by atoms with van der Waals surface area (Å²) in [5.74, 6) is -0.203. The molecule has 0 spiro atoms. The summed E-state index contributed by atoms with van der Waals surface area (Å²) in [6, 6.07) is 15.3. The summed E-state index contributed by atoms with van der Waals surface area (Å²) in [4.78, 5) is 24.4. The number of carbonyl (C=O) groups is 2. The van der Waals surface area contributed by atoms with Gasteiger partial charge >= 0.3 is 0 Å². The fraction of sp³-hybridized carbons (Fsp3) is 0.250. The van der Waals surface area contributed by atoms with Crippen molar-refractivity contribution in [3.05, 3.63) is 59.8 Å². The molecule has 1 fully saturated rings. The first-order valence-electron chi connectivity index (χ1n) is 8.71. The van der Waals surface area contributed by atoms with Gasteiger partial charge in [0.15, 0.2) is 5.69 Å². The van der Waals surface area contributed by atoms with Crippen LogP contribution in [0.5, 0.6) is 0 Å². The third-order valence-corrected chi connectivity index (χ3v) is 4.49. The molecular formula is C20H20N4O2. The van der Waals surface area contributed by atoms with E-state index in [1.54, 1.807) is 4.68 Å². The number of hydrogen-bond donors (Lipinski definition) is 2. The van der Waals surface area contributed by atoms with Crippen LogP contribution < -0.4 is 10.6 Å². The minimum atomic E-state index is -0.249. The molecule has 1 saturated carbocycles. The van der Waals surface area contributed by atoms with Gasteiger partial charge < -0.3 is 10.6 Å². The Hall–Kier alpha value is -3.15. The number of hydrogen-bond acceptors (Lipinski definition) is 3. The van der Waals surface area contributed by atoms with E-state index in [0.717, 1.165) is 29.3 Å². The van der Waals surface area contributed by atoms with Gasteiger partial charge in [-0.25, -0.2) is 0 Å². The van der Waals surface area contributed by atoms with E-state index in [1.807, 2.05) is 55.6 Å². The summed E-state index contributed by atoms with van der Waals surface area (Å²) >= 11 is 0. The van der Waals surface area contributed by atoms with E-state index in [2.05, 4.69) is 15.7 Å². The molecule has 4 rings (SSSR count). The quantitative estimate of drug-likeness (QED) is 0.744. The second-order valence-corrected chi connectivity index (χ2v) is 6.66. The van der Waals surface area contributed by atoms with Crippen LogP contribution in [0.4, 0.5) is 5.69 Å². The average Bonchev–Trinajstić information content (AvgIpc) is 3.38. The monoisotopic (exact) mass is 348 g/mol. The summed E-state index contributed by atoms with van der Waals surface area (Å²) in [5, 5.41) is 11.0. The van der Waals surface area contributed by atoms with Gasteiger partial charge in [0.1, 0.15) is 0 Å². The maximum absolute atomic E-state index is 12.6. The Morgan fingerprint density at radius 2 is 1.85 bits per heavy atom. The lowest BCUT2D eigenvalue weighted by Gasteiger charge is -2.06. The van der Waals surface area contributed by atoms with Crippen molar-refractivity contribution in [1.82, 2.24) is 15.1 Å². The van der Waals surface area contributed by atoms with Crippen molar-refractivity contribution in [3.8, 4) is 0 Å². The molecule has 0 saturated heterocycles. The zero-order valence-corrected chi connectivity index (χ0v) is 14.5. The number of nitrogens with one attached hydrogen (secondary N) is 2. The van der Waals surface area contributed by atoms with Crippen molar-refractivity contribution in [2.75, 3.05) is 5.32 Å². The van der Waals surface area contributed by atoms with E-state index < -0.39 is 0 Å². The van der Waals surface area contributed by atoms with Gasteiger partial charge in [-0.1, -0.05) is 30.3 Å². The van der Waals surface area contributed by atoms with Gasteiger partial charge in [0.05, 0.1) is 11.9 Å². The van der Waals surface area contributed by atoms with E-state index in [4.69, 9.17) is 0 Å². The normalized spacial score (nSPS) is 13.6. The van der Waals surface area contributed by atoms with Gasteiger partial charge in [-0.15, -0.1) is 0 Å². The van der Waals surface area contributed by atoms with Crippen LogP contribution in [0.1, 0.15) is 28.9 Å². The SMILES string of the molecule is Cn1nc(C(=O)Nc2ccc(CC(=O)NC3CC3)cc2)c2ccccc21. The Kier molecular flexibility index (Phi) is 4.16. The Labute approximate surface area is 151 Å². The number of aryl methyl sites for hydroxylation is 1. The highest BCUT2D eigenvalue weighted by molar-refractivity contribution is 6.11. The van der Waals surface area contributed by atoms with Crippen molar-refractivity contribution in [3.63, 3.8) is 0 Å². The van der Waals surface area contributed by atoms with Gasteiger partial charge in [-0.2, -0.15) is 5.10 Å². The Bertz CT molecular complexity index is 971. The Balaban J connectivity index is 1.44. The molecule has 1 aromatic heterocycles. The molecule has 6 nitrogen and oxygen atoms in total. The van der Waals surface area contributed by atoms with Crippen molar-refractivity contribution in [2.45, 2.75) is 25.3 Å². The third-order valence-electron chi connectivity index (χ3n) is 4.49. The van der Waals surface area contributed by atoms with Crippen LogP contribution in [-0.2, 0) is 18.3 Å². The number of aromatic nitrogens is 2. The number of fused-ring (bicyclic) bond motifs is 1. The van der Waals surface area contributed by atoms with Crippen LogP contribution in [-0.4, -0.2) is 27.6 Å². The minimum Gasteiger partial charge on any atom is -0.353 e. The number of anilines is 1. The standard InChI is InChI=1S/C20H20N4O2/c1-24-17-5-3-2-4-16(17)19(23-24)20(26)22-15-8-6-13(7-9-15)12-18(25)21-14-10-11-14/h2-9,14H,10-12H2,1H3,(H,21,25)(H,22,26). The van der Waals surface area contributed by atoms with Crippen molar-refractivity contribution in [2.24, 2.45) is 7.05 Å². The highest BCUT2D eigenvalue weighted by Crippen LogP contribution is 2.20. The first-order chi connectivity index (χ1) is 12.6. The molecule has 2 aromatic carbocycles. The van der Waals surface area contributed by atoms with Crippen LogP contribution in [0.25, 0.3) is 10.9 Å². The van der Waals surface area contributed by atoms with E-state index in [0.29, 0.717) is 23.8 Å². The van der Waals surface area contributed by atoms with Crippen LogP contribution in [0.3, 0.4) is 0 Å². The average molecular weight is 348 g/mol. The number of rotatable bonds is 5. The van der Waals surface area contributed by atoms with Crippen LogP contribution in [0, 0.1) is 0 Å². The predicted octanol–water partition coefficient (Wildman–Crippen LogP) is 2.65. The topological polar surface area (TPSA) is 76.0 Å². The molecular weight excluding hydrogens is 328 g/mol. The van der Waals surface area contributed by atoms with E-state index >= 15 is 0 Å². The molecule has 0 aliphatic heterocycles. The van der Waals surface area contributed by atoms with E-state index in [9.17, 15) is 9.59 Å². The zero-order chi connectivity index (χ0) is 18.1. The van der Waals surface area contributed by atoms with Gasteiger partial charge in [0.2, 0.25) is 5.91 Å². The largest absolute Gasteiger partial charge is 0.353 e. The maximum Gasteiger partial charge on any atom is 0.276 e. The molecule has 3 aromatic rings. The number of nitrogens with zero attached hydrogens (tertiary/aromatic N) is 2. The molecule has 2 N–H and O–H groups in total. The second kappa shape index (κ2) is 6.63. The number of amides is 2. The van der Waals surface area contributed by atoms with Crippen molar-refractivity contribution in [1.29, 1.82) is 0 Å². The van der Waals surface area contributed by atoms with Crippen LogP contribution >= 0.6 is 0 Å². The molecule has 132 valence electrons. The summed E-state index contributed by atoms with van der Waals surface area (Å²) in [5.41, 5.74) is 2.91.